The number of aliphatic hydroxyl groups is 1. The molecule has 2 N–H and O–H groups in total. The van der Waals surface area contributed by atoms with Gasteiger partial charge in [-0.1, -0.05) is 0 Å². The molecule has 2 nitrogen and oxygen atoms in total. The summed E-state index contributed by atoms with van der Waals surface area (Å²) >= 11 is 0. The van der Waals surface area contributed by atoms with Gasteiger partial charge < -0.3 is 10.4 Å². The number of aliphatic hydroxyl groups excluding tert-OH is 1. The van der Waals surface area contributed by atoms with Gasteiger partial charge in [0.1, 0.15) is 0 Å². The molecule has 0 amide bonds. The Labute approximate surface area is 43.5 Å². The number of rotatable bonds is 0. The van der Waals surface area contributed by atoms with Gasteiger partial charge in [0.25, 0.3) is 0 Å². The molecule has 0 saturated carbocycles. The molecule has 1 atom stereocenters. The van der Waals surface area contributed by atoms with Crippen LogP contribution in [0.3, 0.4) is 0 Å². The van der Waals surface area contributed by atoms with Crippen LogP contribution in [-0.4, -0.2) is 24.3 Å². The van der Waals surface area contributed by atoms with E-state index >= 15 is 0 Å². The predicted molar refractivity (Wildman–Crippen MR) is 27.8 cm³/mol. The Bertz CT molecular complexity index is 50.0. The molecular weight excluding hydrogens is 90.1 g/mol. The minimum absolute atomic E-state index is 0.131. The van der Waals surface area contributed by atoms with Crippen molar-refractivity contribution in [2.45, 2.75) is 12.5 Å². The summed E-state index contributed by atoms with van der Waals surface area (Å²) in [6, 6.07) is 0. The van der Waals surface area contributed by atoms with Gasteiger partial charge in [-0.15, -0.1) is 0 Å². The molecule has 0 spiro atoms. The van der Waals surface area contributed by atoms with Gasteiger partial charge >= 0.3 is 0 Å². The second-order valence-electron chi connectivity index (χ2n) is 1.84. The lowest BCUT2D eigenvalue weighted by Gasteiger charge is -2.16. The fourth-order valence-electron chi connectivity index (χ4n) is 0.711. The number of β-amino-alcohol motifs (C(OH)–C–C–N with tert-alkyl or cyclic N) is 1. The fourth-order valence-corrected chi connectivity index (χ4v) is 0.711. The summed E-state index contributed by atoms with van der Waals surface area (Å²) in [5, 5.41) is 11.8. The van der Waals surface area contributed by atoms with Gasteiger partial charge in [0, 0.05) is 6.54 Å². The summed E-state index contributed by atoms with van der Waals surface area (Å²) in [6.07, 6.45) is 2.77. The quantitative estimate of drug-likeness (QED) is 0.432. The maximum Gasteiger partial charge on any atom is 0.0667 e. The van der Waals surface area contributed by atoms with E-state index in [1.807, 2.05) is 6.42 Å². The standard InChI is InChI=1S/C5H10NO/c7-5-2-1-3-6-4-5/h1,5-7H,2-4H2/t5-/m1/s1. The minimum Gasteiger partial charge on any atom is -0.392 e. The van der Waals surface area contributed by atoms with E-state index in [0.29, 0.717) is 0 Å². The Morgan fingerprint density at radius 2 is 2.57 bits per heavy atom. The highest BCUT2D eigenvalue weighted by Gasteiger charge is 2.06. The normalized spacial score (nSPS) is 33.0. The molecule has 0 aromatic heterocycles. The average Bonchev–Trinajstić information content (AvgIpc) is 1.69. The van der Waals surface area contributed by atoms with Gasteiger partial charge in [0.05, 0.1) is 6.10 Å². The summed E-state index contributed by atoms with van der Waals surface area (Å²) in [6.45, 7) is 1.72. The first-order valence-corrected chi connectivity index (χ1v) is 2.60. The van der Waals surface area contributed by atoms with Gasteiger partial charge in [-0.25, -0.2) is 0 Å². The van der Waals surface area contributed by atoms with E-state index in [1.54, 1.807) is 0 Å². The summed E-state index contributed by atoms with van der Waals surface area (Å²) < 4.78 is 0. The zero-order chi connectivity index (χ0) is 5.11. The molecule has 1 aliphatic rings. The van der Waals surface area contributed by atoms with Gasteiger partial charge in [-0.3, -0.25) is 0 Å². The van der Waals surface area contributed by atoms with Crippen LogP contribution in [0.5, 0.6) is 0 Å². The first-order valence-electron chi connectivity index (χ1n) is 2.60. The monoisotopic (exact) mass is 100 g/mol. The highest BCUT2D eigenvalue weighted by molar-refractivity contribution is 4.79. The molecule has 1 aliphatic heterocycles. The molecule has 1 heterocycles. The lowest BCUT2D eigenvalue weighted by atomic mass is 10.1. The van der Waals surface area contributed by atoms with Crippen molar-refractivity contribution in [3.63, 3.8) is 0 Å². The van der Waals surface area contributed by atoms with E-state index < -0.39 is 0 Å². The van der Waals surface area contributed by atoms with Crippen LogP contribution in [0.15, 0.2) is 0 Å². The molecule has 1 radical (unpaired) electrons. The zero-order valence-corrected chi connectivity index (χ0v) is 4.22. The molecule has 0 aromatic rings. The topological polar surface area (TPSA) is 32.3 Å². The average molecular weight is 100 g/mol. The van der Waals surface area contributed by atoms with Crippen LogP contribution in [0.1, 0.15) is 6.42 Å². The third kappa shape index (κ3) is 1.45. The first-order chi connectivity index (χ1) is 3.39. The molecule has 1 rings (SSSR count). The van der Waals surface area contributed by atoms with Crippen LogP contribution in [0, 0.1) is 6.42 Å². The number of piperidine rings is 1. The van der Waals surface area contributed by atoms with Crippen molar-refractivity contribution in [1.82, 2.24) is 5.32 Å². The molecule has 41 valence electrons. The molecular formula is C5H10NO. The lowest BCUT2D eigenvalue weighted by molar-refractivity contribution is 0.159. The fraction of sp³-hybridized carbons (Fsp3) is 0.800. The Hall–Kier alpha value is -0.0800. The van der Waals surface area contributed by atoms with E-state index in [-0.39, 0.29) is 6.10 Å². The van der Waals surface area contributed by atoms with E-state index in [1.165, 1.54) is 0 Å². The van der Waals surface area contributed by atoms with Crippen LogP contribution in [0.2, 0.25) is 0 Å². The zero-order valence-electron chi connectivity index (χ0n) is 4.22. The Morgan fingerprint density at radius 1 is 1.71 bits per heavy atom. The van der Waals surface area contributed by atoms with Gasteiger partial charge in [-0.2, -0.15) is 0 Å². The predicted octanol–water partition coefficient (Wildman–Crippen LogP) is -0.455. The highest BCUT2D eigenvalue weighted by Crippen LogP contribution is 1.97. The second-order valence-corrected chi connectivity index (χ2v) is 1.84. The maximum absolute atomic E-state index is 8.82. The largest absolute Gasteiger partial charge is 0.392 e. The molecule has 1 saturated heterocycles. The van der Waals surface area contributed by atoms with Crippen molar-refractivity contribution in [3.8, 4) is 0 Å². The molecule has 0 unspecified atom stereocenters. The Balaban J connectivity index is 2.12. The number of hydrogen-bond acceptors (Lipinski definition) is 2. The van der Waals surface area contributed by atoms with E-state index in [9.17, 15) is 0 Å². The van der Waals surface area contributed by atoms with E-state index in [2.05, 4.69) is 5.32 Å². The van der Waals surface area contributed by atoms with Crippen molar-refractivity contribution in [3.05, 3.63) is 6.42 Å². The summed E-state index contributed by atoms with van der Waals surface area (Å²) in [7, 11) is 0. The van der Waals surface area contributed by atoms with Crippen molar-refractivity contribution < 1.29 is 5.11 Å². The van der Waals surface area contributed by atoms with Crippen molar-refractivity contribution in [2.75, 3.05) is 13.1 Å². The number of hydrogen-bond donors (Lipinski definition) is 2. The first kappa shape index (κ1) is 5.06. The smallest absolute Gasteiger partial charge is 0.0667 e. The molecule has 0 aliphatic carbocycles. The molecule has 0 aromatic carbocycles. The molecule has 0 bridgehead atoms. The molecule has 1 fully saturated rings. The van der Waals surface area contributed by atoms with E-state index in [0.717, 1.165) is 19.5 Å². The minimum atomic E-state index is -0.131. The van der Waals surface area contributed by atoms with E-state index in [4.69, 9.17) is 5.11 Å². The van der Waals surface area contributed by atoms with Crippen LogP contribution in [-0.2, 0) is 0 Å². The molecule has 7 heavy (non-hydrogen) atoms. The SMILES string of the molecule is O[C@@H]1C[CH]CNC1. The summed E-state index contributed by atoms with van der Waals surface area (Å²) in [4.78, 5) is 0. The van der Waals surface area contributed by atoms with Gasteiger partial charge in [0.2, 0.25) is 0 Å². The highest BCUT2D eigenvalue weighted by atomic mass is 16.3. The third-order valence-electron chi connectivity index (χ3n) is 1.11. The van der Waals surface area contributed by atoms with Crippen molar-refractivity contribution in [1.29, 1.82) is 0 Å². The van der Waals surface area contributed by atoms with Crippen LogP contribution in [0.25, 0.3) is 0 Å². The number of nitrogens with one attached hydrogen (secondary N) is 1. The lowest BCUT2D eigenvalue weighted by Crippen LogP contribution is -2.33. The second kappa shape index (κ2) is 2.28. The van der Waals surface area contributed by atoms with Crippen LogP contribution in [0.4, 0.5) is 0 Å². The molecule has 2 heteroatoms. The van der Waals surface area contributed by atoms with Gasteiger partial charge in [0.15, 0.2) is 0 Å². The Kier molecular flexibility index (Phi) is 1.65. The van der Waals surface area contributed by atoms with Crippen LogP contribution < -0.4 is 5.32 Å². The summed E-state index contributed by atoms with van der Waals surface area (Å²) in [5.74, 6) is 0. The Morgan fingerprint density at radius 3 is 2.86 bits per heavy atom. The van der Waals surface area contributed by atoms with Crippen LogP contribution >= 0.6 is 0 Å². The maximum atomic E-state index is 8.82. The van der Waals surface area contributed by atoms with Crippen molar-refractivity contribution >= 4 is 0 Å². The third-order valence-corrected chi connectivity index (χ3v) is 1.11. The van der Waals surface area contributed by atoms with Gasteiger partial charge in [-0.05, 0) is 19.4 Å². The summed E-state index contributed by atoms with van der Waals surface area (Å²) in [5.41, 5.74) is 0. The van der Waals surface area contributed by atoms with Crippen molar-refractivity contribution in [2.24, 2.45) is 0 Å².